The molecule has 0 radical (unpaired) electrons. The topological polar surface area (TPSA) is 51.0 Å². The number of nitrogens with zero attached hydrogens (tertiary/aromatic N) is 2. The van der Waals surface area contributed by atoms with Gasteiger partial charge in [0.15, 0.2) is 5.82 Å². The molecule has 21 heavy (non-hydrogen) atoms. The van der Waals surface area contributed by atoms with Crippen LogP contribution in [0.25, 0.3) is 0 Å². The van der Waals surface area contributed by atoms with Gasteiger partial charge in [0.05, 0.1) is 13.1 Å². The minimum absolute atomic E-state index is 0.0827. The lowest BCUT2D eigenvalue weighted by molar-refractivity contribution is -0.125. The smallest absolute Gasteiger partial charge is 0.338 e. The predicted octanol–water partition coefficient (Wildman–Crippen LogP) is 3.62. The van der Waals surface area contributed by atoms with Gasteiger partial charge in [0.2, 0.25) is 5.89 Å². The van der Waals surface area contributed by atoms with Crippen molar-refractivity contribution in [3.63, 3.8) is 0 Å². The molecular formula is C12H10Cl2F3N3O. The normalized spacial score (nSPS) is 11.9. The maximum absolute atomic E-state index is 12.0. The van der Waals surface area contributed by atoms with Crippen LogP contribution in [0.3, 0.4) is 0 Å². The first-order chi connectivity index (χ1) is 9.83. The van der Waals surface area contributed by atoms with Gasteiger partial charge in [0, 0.05) is 16.5 Å². The van der Waals surface area contributed by atoms with Crippen LogP contribution in [0, 0.1) is 0 Å². The molecule has 1 heterocycles. The van der Waals surface area contributed by atoms with E-state index in [0.717, 1.165) is 5.56 Å². The number of rotatable bonds is 5. The molecule has 2 rings (SSSR count). The third-order valence-electron chi connectivity index (χ3n) is 2.48. The second-order valence-electron chi connectivity index (χ2n) is 4.24. The number of hydrogen-bond acceptors (Lipinski definition) is 4. The van der Waals surface area contributed by atoms with Crippen LogP contribution in [0.15, 0.2) is 22.7 Å². The molecule has 0 bridgehead atoms. The highest BCUT2D eigenvalue weighted by Gasteiger charge is 2.26. The van der Waals surface area contributed by atoms with Gasteiger partial charge in [-0.25, -0.2) is 0 Å². The van der Waals surface area contributed by atoms with E-state index in [1.807, 2.05) is 0 Å². The van der Waals surface area contributed by atoms with E-state index in [9.17, 15) is 13.2 Å². The summed E-state index contributed by atoms with van der Waals surface area (Å²) in [6, 6.07) is 4.99. The Morgan fingerprint density at radius 1 is 1.24 bits per heavy atom. The summed E-state index contributed by atoms with van der Waals surface area (Å²) in [5.41, 5.74) is 0.747. The summed E-state index contributed by atoms with van der Waals surface area (Å²) >= 11 is 11.8. The maximum atomic E-state index is 12.0. The average molecular weight is 340 g/mol. The highest BCUT2D eigenvalue weighted by atomic mass is 35.5. The molecule has 0 unspecified atom stereocenters. The number of benzene rings is 1. The fourth-order valence-corrected chi connectivity index (χ4v) is 2.06. The highest BCUT2D eigenvalue weighted by molar-refractivity contribution is 6.35. The van der Waals surface area contributed by atoms with Gasteiger partial charge < -0.3 is 9.84 Å². The van der Waals surface area contributed by atoms with Crippen LogP contribution in [0.4, 0.5) is 13.2 Å². The molecule has 0 amide bonds. The van der Waals surface area contributed by atoms with Gasteiger partial charge >= 0.3 is 6.18 Å². The lowest BCUT2D eigenvalue weighted by atomic mass is 10.1. The predicted molar refractivity (Wildman–Crippen MR) is 71.3 cm³/mol. The Bertz CT molecular complexity index is 616. The standard InChI is InChI=1S/C12H10Cl2F3N3O/c13-8-2-1-7(9(14)4-8)3-10-19-11(21-20-10)5-18-6-12(15,16)17/h1-2,4,18H,3,5-6H2. The Morgan fingerprint density at radius 3 is 2.67 bits per heavy atom. The fourth-order valence-electron chi connectivity index (χ4n) is 1.58. The minimum Gasteiger partial charge on any atom is -0.338 e. The molecule has 114 valence electrons. The Kier molecular flexibility index (Phi) is 5.08. The summed E-state index contributed by atoms with van der Waals surface area (Å²) in [7, 11) is 0. The van der Waals surface area contributed by atoms with Crippen LogP contribution >= 0.6 is 23.2 Å². The lowest BCUT2D eigenvalue weighted by Crippen LogP contribution is -2.28. The summed E-state index contributed by atoms with van der Waals surface area (Å²) in [6.07, 6.45) is -3.97. The van der Waals surface area contributed by atoms with Crippen molar-refractivity contribution in [1.29, 1.82) is 0 Å². The minimum atomic E-state index is -4.28. The van der Waals surface area contributed by atoms with Crippen LogP contribution in [0.5, 0.6) is 0 Å². The van der Waals surface area contributed by atoms with Crippen LogP contribution in [0.2, 0.25) is 10.0 Å². The number of hydrogen-bond donors (Lipinski definition) is 1. The van der Waals surface area contributed by atoms with E-state index in [0.29, 0.717) is 22.3 Å². The maximum Gasteiger partial charge on any atom is 0.401 e. The van der Waals surface area contributed by atoms with Crippen molar-refractivity contribution >= 4 is 23.2 Å². The van der Waals surface area contributed by atoms with Crippen molar-refractivity contribution in [2.45, 2.75) is 19.1 Å². The molecule has 1 N–H and O–H groups in total. The first kappa shape index (κ1) is 16.1. The molecule has 0 fully saturated rings. The van der Waals surface area contributed by atoms with E-state index in [4.69, 9.17) is 27.7 Å². The second-order valence-corrected chi connectivity index (χ2v) is 5.08. The van der Waals surface area contributed by atoms with Crippen LogP contribution in [-0.2, 0) is 13.0 Å². The van der Waals surface area contributed by atoms with Crippen molar-refractivity contribution in [3.8, 4) is 0 Å². The first-order valence-corrected chi connectivity index (χ1v) is 6.62. The summed E-state index contributed by atoms with van der Waals surface area (Å²) in [5, 5.41) is 6.83. The zero-order chi connectivity index (χ0) is 15.5. The molecule has 0 spiro atoms. The zero-order valence-electron chi connectivity index (χ0n) is 10.5. The monoisotopic (exact) mass is 339 g/mol. The Hall–Kier alpha value is -1.31. The van der Waals surface area contributed by atoms with Gasteiger partial charge in [-0.05, 0) is 17.7 Å². The molecule has 2 aromatic rings. The van der Waals surface area contributed by atoms with Crippen molar-refractivity contribution in [2.24, 2.45) is 0 Å². The molecular weight excluding hydrogens is 330 g/mol. The van der Waals surface area contributed by atoms with Crippen LogP contribution in [-0.4, -0.2) is 22.9 Å². The molecule has 1 aromatic heterocycles. The molecule has 0 aliphatic heterocycles. The Labute approximate surface area is 128 Å². The summed E-state index contributed by atoms with van der Waals surface area (Å²) in [4.78, 5) is 3.99. The van der Waals surface area contributed by atoms with E-state index >= 15 is 0 Å². The quantitative estimate of drug-likeness (QED) is 0.903. The first-order valence-electron chi connectivity index (χ1n) is 5.86. The van der Waals surface area contributed by atoms with Gasteiger partial charge in [0.25, 0.3) is 0 Å². The van der Waals surface area contributed by atoms with E-state index in [2.05, 4.69) is 15.5 Å². The van der Waals surface area contributed by atoms with E-state index in [1.165, 1.54) is 0 Å². The zero-order valence-corrected chi connectivity index (χ0v) is 12.1. The molecule has 0 saturated heterocycles. The van der Waals surface area contributed by atoms with Crippen LogP contribution in [0.1, 0.15) is 17.3 Å². The number of alkyl halides is 3. The van der Waals surface area contributed by atoms with Crippen molar-refractivity contribution in [3.05, 3.63) is 45.5 Å². The third kappa shape index (κ3) is 5.18. The van der Waals surface area contributed by atoms with Crippen LogP contribution < -0.4 is 5.32 Å². The molecule has 4 nitrogen and oxygen atoms in total. The summed E-state index contributed by atoms with van der Waals surface area (Å²) in [6.45, 7) is -1.27. The fraction of sp³-hybridized carbons (Fsp3) is 0.333. The van der Waals surface area contributed by atoms with Crippen molar-refractivity contribution < 1.29 is 17.7 Å². The molecule has 1 aromatic carbocycles. The number of nitrogens with one attached hydrogen (secondary N) is 1. The molecule has 0 atom stereocenters. The molecule has 0 aliphatic carbocycles. The SMILES string of the molecule is FC(F)(F)CNCc1nc(Cc2ccc(Cl)cc2Cl)no1. The van der Waals surface area contributed by atoms with Gasteiger partial charge in [-0.2, -0.15) is 18.2 Å². The Morgan fingerprint density at radius 2 is 2.00 bits per heavy atom. The van der Waals surface area contributed by atoms with Crippen molar-refractivity contribution in [1.82, 2.24) is 15.5 Å². The highest BCUT2D eigenvalue weighted by Crippen LogP contribution is 2.22. The van der Waals surface area contributed by atoms with Gasteiger partial charge in [-0.15, -0.1) is 0 Å². The molecule has 9 heteroatoms. The Balaban J connectivity index is 1.94. The second kappa shape index (κ2) is 6.64. The van der Waals surface area contributed by atoms with Gasteiger partial charge in [-0.1, -0.05) is 34.4 Å². The molecule has 0 aliphatic rings. The lowest BCUT2D eigenvalue weighted by Gasteiger charge is -2.05. The largest absolute Gasteiger partial charge is 0.401 e. The van der Waals surface area contributed by atoms with Gasteiger partial charge in [-0.3, -0.25) is 0 Å². The van der Waals surface area contributed by atoms with E-state index in [1.54, 1.807) is 18.2 Å². The summed E-state index contributed by atoms with van der Waals surface area (Å²) in [5.74, 6) is 0.419. The molecule has 0 saturated carbocycles. The van der Waals surface area contributed by atoms with Gasteiger partial charge in [0.1, 0.15) is 0 Å². The van der Waals surface area contributed by atoms with Crippen molar-refractivity contribution in [2.75, 3.05) is 6.54 Å². The third-order valence-corrected chi connectivity index (χ3v) is 3.06. The number of aromatic nitrogens is 2. The van der Waals surface area contributed by atoms with E-state index in [-0.39, 0.29) is 12.4 Å². The van der Waals surface area contributed by atoms with E-state index < -0.39 is 12.7 Å². The average Bonchev–Trinajstić information content (AvgIpc) is 2.79. The summed E-state index contributed by atoms with van der Waals surface area (Å²) < 4.78 is 40.8. The number of halogens is 5.